The number of rotatable bonds is 7. The second kappa shape index (κ2) is 9.89. The number of benzene rings is 2. The molecule has 1 saturated heterocycles. The van der Waals surface area contributed by atoms with Gasteiger partial charge in [-0.25, -0.2) is 4.79 Å². The number of aldehydes is 1. The lowest BCUT2D eigenvalue weighted by molar-refractivity contribution is -0.112. The number of aromatic amines is 1. The lowest BCUT2D eigenvalue weighted by Crippen LogP contribution is -2.68. The lowest BCUT2D eigenvalue weighted by Gasteiger charge is -2.45. The standard InChI is InChI=1S/C27H32N2O5Si/c1-19-18-29(26(32)28-25(19)31)24-17-23(22(33-24)15-16-30)34-35(27(2,3)4,20-11-7-5-8-12-20)21-13-9-6-10-14-21/h5-14,16,18,22-24H,15,17H2,1-4H3,(H,28,31,32)/t22-,23+,24-/m1/s1. The first kappa shape index (κ1) is 25.0. The Morgan fingerprint density at radius 1 is 1.06 bits per heavy atom. The van der Waals surface area contributed by atoms with E-state index in [1.807, 2.05) is 36.4 Å². The number of ether oxygens (including phenoxy) is 1. The van der Waals surface area contributed by atoms with Crippen molar-refractivity contribution in [3.05, 3.63) is 93.3 Å². The SMILES string of the molecule is Cc1cn([C@H]2C[C@H](O[Si](c3ccccc3)(c3ccccc3)C(C)(C)C)[C@@H](CC=O)O2)c(=O)[nH]c1=O. The van der Waals surface area contributed by atoms with E-state index in [-0.39, 0.29) is 11.5 Å². The Morgan fingerprint density at radius 2 is 1.63 bits per heavy atom. The average molecular weight is 493 g/mol. The number of aromatic nitrogens is 2. The summed E-state index contributed by atoms with van der Waals surface area (Å²) in [6.07, 6.45) is 1.29. The summed E-state index contributed by atoms with van der Waals surface area (Å²) in [5, 5.41) is 2.01. The molecule has 8 heteroatoms. The Kier molecular flexibility index (Phi) is 7.07. The largest absolute Gasteiger partial charge is 0.402 e. The molecule has 184 valence electrons. The first-order valence-electron chi connectivity index (χ1n) is 11.9. The van der Waals surface area contributed by atoms with Crippen LogP contribution in [0.1, 0.15) is 45.4 Å². The van der Waals surface area contributed by atoms with Crippen molar-refractivity contribution in [2.75, 3.05) is 0 Å². The molecule has 4 rings (SSSR count). The van der Waals surface area contributed by atoms with Crippen LogP contribution in [0.4, 0.5) is 0 Å². The fourth-order valence-corrected chi connectivity index (χ4v) is 9.74. The number of carbonyl (C=O) groups is 1. The van der Waals surface area contributed by atoms with Crippen molar-refractivity contribution in [1.82, 2.24) is 9.55 Å². The first-order chi connectivity index (χ1) is 16.7. The van der Waals surface area contributed by atoms with Crippen LogP contribution in [0.25, 0.3) is 0 Å². The molecule has 3 atom stereocenters. The van der Waals surface area contributed by atoms with Gasteiger partial charge in [-0.05, 0) is 22.3 Å². The summed E-state index contributed by atoms with van der Waals surface area (Å²) in [6, 6.07) is 20.5. The van der Waals surface area contributed by atoms with Gasteiger partial charge < -0.3 is 14.0 Å². The summed E-state index contributed by atoms with van der Waals surface area (Å²) < 4.78 is 14.8. The third-order valence-electron chi connectivity index (χ3n) is 6.71. The van der Waals surface area contributed by atoms with E-state index in [1.54, 1.807) is 6.92 Å². The molecule has 0 unspecified atom stereocenters. The van der Waals surface area contributed by atoms with Gasteiger partial charge in [0.2, 0.25) is 0 Å². The summed E-state index contributed by atoms with van der Waals surface area (Å²) >= 11 is 0. The first-order valence-corrected chi connectivity index (χ1v) is 13.8. The van der Waals surface area contributed by atoms with Gasteiger partial charge in [0.15, 0.2) is 0 Å². The van der Waals surface area contributed by atoms with Gasteiger partial charge in [0, 0.05) is 24.6 Å². The Balaban J connectivity index is 1.81. The van der Waals surface area contributed by atoms with E-state index < -0.39 is 38.0 Å². The molecule has 0 aliphatic carbocycles. The highest BCUT2D eigenvalue weighted by Crippen LogP contribution is 2.41. The fraction of sp³-hybridized carbons (Fsp3) is 0.370. The van der Waals surface area contributed by atoms with Crippen molar-refractivity contribution < 1.29 is 14.0 Å². The van der Waals surface area contributed by atoms with Crippen molar-refractivity contribution in [1.29, 1.82) is 0 Å². The third kappa shape index (κ3) is 4.74. The zero-order valence-corrected chi connectivity index (χ0v) is 21.6. The van der Waals surface area contributed by atoms with Crippen molar-refractivity contribution >= 4 is 25.0 Å². The summed E-state index contributed by atoms with van der Waals surface area (Å²) in [5.41, 5.74) is -0.549. The van der Waals surface area contributed by atoms with Gasteiger partial charge in [-0.3, -0.25) is 14.3 Å². The van der Waals surface area contributed by atoms with E-state index >= 15 is 0 Å². The Hall–Kier alpha value is -3.07. The Bertz CT molecular complexity index is 1240. The highest BCUT2D eigenvalue weighted by atomic mass is 28.4. The fourth-order valence-electron chi connectivity index (χ4n) is 5.02. The maximum Gasteiger partial charge on any atom is 0.330 e. The minimum Gasteiger partial charge on any atom is -0.402 e. The Morgan fingerprint density at radius 3 is 2.14 bits per heavy atom. The van der Waals surface area contributed by atoms with Gasteiger partial charge in [0.05, 0.1) is 12.2 Å². The molecular formula is C27H32N2O5Si. The van der Waals surface area contributed by atoms with Crippen molar-refractivity contribution in [3.63, 3.8) is 0 Å². The molecule has 0 spiro atoms. The molecule has 1 N–H and O–H groups in total. The lowest BCUT2D eigenvalue weighted by atomic mass is 10.1. The second-order valence-electron chi connectivity index (χ2n) is 10.1. The van der Waals surface area contributed by atoms with Gasteiger partial charge in [0.1, 0.15) is 12.5 Å². The minimum atomic E-state index is -2.89. The normalized spacial score (nSPS) is 20.6. The number of nitrogens with one attached hydrogen (secondary N) is 1. The molecule has 1 fully saturated rings. The van der Waals surface area contributed by atoms with Crippen LogP contribution in [0.2, 0.25) is 5.04 Å². The summed E-state index contributed by atoms with van der Waals surface area (Å²) in [4.78, 5) is 38.4. The molecule has 2 aromatic carbocycles. The molecule has 35 heavy (non-hydrogen) atoms. The molecule has 0 radical (unpaired) electrons. The average Bonchev–Trinajstić information content (AvgIpc) is 3.22. The number of aryl methyl sites for hydroxylation is 1. The minimum absolute atomic E-state index is 0.149. The van der Waals surface area contributed by atoms with E-state index in [4.69, 9.17) is 9.16 Å². The predicted octanol–water partition coefficient (Wildman–Crippen LogP) is 2.67. The molecule has 0 saturated carbocycles. The van der Waals surface area contributed by atoms with Crippen molar-refractivity contribution in [2.45, 2.75) is 64.0 Å². The number of carbonyl (C=O) groups excluding carboxylic acids is 1. The van der Waals surface area contributed by atoms with E-state index in [2.05, 4.69) is 50.0 Å². The highest BCUT2D eigenvalue weighted by Gasteiger charge is 2.53. The summed E-state index contributed by atoms with van der Waals surface area (Å²) in [7, 11) is -2.89. The third-order valence-corrected chi connectivity index (χ3v) is 11.8. The van der Waals surface area contributed by atoms with Gasteiger partial charge >= 0.3 is 5.69 Å². The van der Waals surface area contributed by atoms with Crippen molar-refractivity contribution in [2.24, 2.45) is 0 Å². The molecule has 3 aromatic rings. The molecule has 7 nitrogen and oxygen atoms in total. The van der Waals surface area contributed by atoms with Gasteiger partial charge in [-0.1, -0.05) is 81.4 Å². The molecule has 0 amide bonds. The number of hydrogen-bond donors (Lipinski definition) is 1. The van der Waals surface area contributed by atoms with E-state index in [0.717, 1.165) is 16.7 Å². The van der Waals surface area contributed by atoms with Gasteiger partial charge in [-0.2, -0.15) is 0 Å². The van der Waals surface area contributed by atoms with Crippen LogP contribution >= 0.6 is 0 Å². The maximum atomic E-state index is 12.6. The van der Waals surface area contributed by atoms with Gasteiger partial charge in [-0.15, -0.1) is 0 Å². The molecule has 1 aliphatic rings. The molecule has 1 aliphatic heterocycles. The van der Waals surface area contributed by atoms with Crippen LogP contribution in [0.5, 0.6) is 0 Å². The number of H-pyrrole nitrogens is 1. The van der Waals surface area contributed by atoms with Crippen LogP contribution < -0.4 is 21.6 Å². The maximum absolute atomic E-state index is 12.6. The topological polar surface area (TPSA) is 90.4 Å². The summed E-state index contributed by atoms with van der Waals surface area (Å²) in [5.74, 6) is 0. The zero-order valence-electron chi connectivity index (χ0n) is 20.6. The van der Waals surface area contributed by atoms with Crippen LogP contribution in [0, 0.1) is 6.92 Å². The molecule has 1 aromatic heterocycles. The van der Waals surface area contributed by atoms with E-state index in [1.165, 1.54) is 10.8 Å². The van der Waals surface area contributed by atoms with Gasteiger partial charge in [0.25, 0.3) is 13.9 Å². The summed E-state index contributed by atoms with van der Waals surface area (Å²) in [6.45, 7) is 8.22. The van der Waals surface area contributed by atoms with Crippen LogP contribution in [0.3, 0.4) is 0 Å². The smallest absolute Gasteiger partial charge is 0.330 e. The second-order valence-corrected chi connectivity index (χ2v) is 14.3. The quantitative estimate of drug-likeness (QED) is 0.405. The van der Waals surface area contributed by atoms with E-state index in [9.17, 15) is 14.4 Å². The Labute approximate surface area is 205 Å². The zero-order chi connectivity index (χ0) is 25.2. The van der Waals surface area contributed by atoms with Crippen LogP contribution in [-0.4, -0.2) is 36.4 Å². The monoisotopic (exact) mass is 492 g/mol. The molecule has 2 heterocycles. The van der Waals surface area contributed by atoms with Crippen LogP contribution in [0.15, 0.2) is 76.4 Å². The molecular weight excluding hydrogens is 460 g/mol. The number of hydrogen-bond acceptors (Lipinski definition) is 5. The predicted molar refractivity (Wildman–Crippen MR) is 138 cm³/mol. The van der Waals surface area contributed by atoms with E-state index in [0.29, 0.717) is 12.0 Å². The molecule has 0 bridgehead atoms. The number of nitrogens with zero attached hydrogens (tertiary/aromatic N) is 1. The highest BCUT2D eigenvalue weighted by molar-refractivity contribution is 6.99. The van der Waals surface area contributed by atoms with Crippen molar-refractivity contribution in [3.8, 4) is 0 Å². The van der Waals surface area contributed by atoms with Crippen LogP contribution in [-0.2, 0) is 14.0 Å².